The molecule has 1 aliphatic heterocycles. The number of carbonyl (C=O) groups excluding carboxylic acids is 3. The smallest absolute Gasteiger partial charge is 0.408 e. The van der Waals surface area contributed by atoms with E-state index in [2.05, 4.69) is 10.6 Å². The van der Waals surface area contributed by atoms with Crippen LogP contribution in [0.2, 0.25) is 0 Å². The first-order valence-electron chi connectivity index (χ1n) is 9.53. The number of ether oxygens (including phenoxy) is 1. The van der Waals surface area contributed by atoms with E-state index in [1.807, 2.05) is 48.5 Å². The third kappa shape index (κ3) is 4.23. The van der Waals surface area contributed by atoms with Crippen LogP contribution in [-0.2, 0) is 14.3 Å². The number of nitrogens with zero attached hydrogens (tertiary/aromatic N) is 1. The fraction of sp³-hybridized carbons (Fsp3) is 0.318. The Labute approximate surface area is 170 Å². The number of benzene rings is 2. The lowest BCUT2D eigenvalue weighted by molar-refractivity contribution is -0.132. The molecule has 1 heterocycles. The molecule has 3 rings (SSSR count). The van der Waals surface area contributed by atoms with Gasteiger partial charge in [0, 0.05) is 18.7 Å². The molecule has 1 aliphatic rings. The first-order chi connectivity index (χ1) is 13.8. The molecule has 2 aromatic carbocycles. The molecular weight excluding hydrogens is 370 g/mol. The highest BCUT2D eigenvalue weighted by Crippen LogP contribution is 2.39. The number of hydrogen-bond acceptors (Lipinski definition) is 4. The second-order valence-corrected chi connectivity index (χ2v) is 7.29. The zero-order valence-electron chi connectivity index (χ0n) is 16.9. The van der Waals surface area contributed by atoms with Crippen molar-refractivity contribution in [2.75, 3.05) is 11.9 Å². The highest BCUT2D eigenvalue weighted by Gasteiger charge is 2.34. The zero-order chi connectivity index (χ0) is 21.1. The highest BCUT2D eigenvalue weighted by molar-refractivity contribution is 6.06. The molecule has 0 bridgehead atoms. The number of rotatable bonds is 4. The number of hydrogen-bond donors (Lipinski definition) is 2. The Morgan fingerprint density at radius 2 is 1.62 bits per heavy atom. The van der Waals surface area contributed by atoms with Crippen LogP contribution in [0.15, 0.2) is 48.5 Å². The lowest BCUT2D eigenvalue weighted by Crippen LogP contribution is -2.45. The highest BCUT2D eigenvalue weighted by atomic mass is 16.6. The number of para-hydroxylation sites is 1. The van der Waals surface area contributed by atoms with Crippen LogP contribution >= 0.6 is 0 Å². The maximum absolute atomic E-state index is 13.2. The van der Waals surface area contributed by atoms with E-state index in [0.717, 1.165) is 16.8 Å². The van der Waals surface area contributed by atoms with Crippen LogP contribution in [0.5, 0.6) is 0 Å². The van der Waals surface area contributed by atoms with Gasteiger partial charge < -0.3 is 20.3 Å². The molecule has 0 aromatic heterocycles. The van der Waals surface area contributed by atoms with Crippen LogP contribution in [0, 0.1) is 0 Å². The largest absolute Gasteiger partial charge is 0.436 e. The third-order valence-corrected chi connectivity index (χ3v) is 4.75. The molecule has 0 saturated heterocycles. The van der Waals surface area contributed by atoms with Crippen molar-refractivity contribution in [3.8, 4) is 11.1 Å². The monoisotopic (exact) mass is 395 g/mol. The lowest BCUT2D eigenvalue weighted by atomic mass is 9.95. The summed E-state index contributed by atoms with van der Waals surface area (Å²) in [7, 11) is 1.68. The first kappa shape index (κ1) is 20.4. The van der Waals surface area contributed by atoms with E-state index in [1.54, 1.807) is 20.9 Å². The zero-order valence-corrected chi connectivity index (χ0v) is 16.9. The summed E-state index contributed by atoms with van der Waals surface area (Å²) in [5.41, 5.74) is 3.25. The molecule has 3 amide bonds. The summed E-state index contributed by atoms with van der Waals surface area (Å²) >= 11 is 0. The van der Waals surface area contributed by atoms with Crippen molar-refractivity contribution in [1.82, 2.24) is 10.6 Å². The minimum Gasteiger partial charge on any atom is -0.436 e. The van der Waals surface area contributed by atoms with Crippen LogP contribution < -0.4 is 15.5 Å². The number of fused-ring (bicyclic) bond motifs is 3. The van der Waals surface area contributed by atoms with Gasteiger partial charge in [-0.3, -0.25) is 9.59 Å². The Balaban J connectivity index is 1.89. The standard InChI is InChI=1S/C22H25N3O4/c1-13(2)23-22(28)29-14(3)20(26)24-19-17-11-6-5-9-15(17)16-10-7-8-12-18(16)25(4)21(19)27/h5-14,19H,1-4H3,(H,23,28)(H,24,26)/t14?,19-/m0/s1. The average Bonchev–Trinajstić information content (AvgIpc) is 2.77. The van der Waals surface area contributed by atoms with E-state index in [1.165, 1.54) is 11.8 Å². The molecule has 0 spiro atoms. The third-order valence-electron chi connectivity index (χ3n) is 4.75. The minimum atomic E-state index is -1.05. The Morgan fingerprint density at radius 3 is 2.31 bits per heavy atom. The van der Waals surface area contributed by atoms with Crippen LogP contribution in [0.25, 0.3) is 11.1 Å². The number of alkyl carbamates (subject to hydrolysis) is 1. The summed E-state index contributed by atoms with van der Waals surface area (Å²) < 4.78 is 5.12. The SMILES string of the molecule is CC(C)NC(=O)OC(C)C(=O)N[C@@H]1C(=O)N(C)c2ccccc2-c2ccccc21. The molecule has 7 heteroatoms. The van der Waals surface area contributed by atoms with Crippen molar-refractivity contribution < 1.29 is 19.1 Å². The van der Waals surface area contributed by atoms with Crippen molar-refractivity contribution in [3.05, 3.63) is 54.1 Å². The number of carbonyl (C=O) groups is 3. The molecule has 2 aromatic rings. The minimum absolute atomic E-state index is 0.111. The number of nitrogens with one attached hydrogen (secondary N) is 2. The Kier molecular flexibility index (Phi) is 5.87. The Morgan fingerprint density at radius 1 is 1.00 bits per heavy atom. The van der Waals surface area contributed by atoms with Gasteiger partial charge in [-0.15, -0.1) is 0 Å². The molecule has 29 heavy (non-hydrogen) atoms. The van der Waals surface area contributed by atoms with Gasteiger partial charge >= 0.3 is 6.09 Å². The van der Waals surface area contributed by atoms with Crippen molar-refractivity contribution in [1.29, 1.82) is 0 Å². The number of amides is 3. The normalized spacial score (nSPS) is 16.4. The van der Waals surface area contributed by atoms with E-state index < -0.39 is 24.1 Å². The molecule has 7 nitrogen and oxygen atoms in total. The predicted molar refractivity (Wildman–Crippen MR) is 110 cm³/mol. The number of anilines is 1. The second kappa shape index (κ2) is 8.34. The van der Waals surface area contributed by atoms with Gasteiger partial charge in [0.25, 0.3) is 11.8 Å². The average molecular weight is 395 g/mol. The summed E-state index contributed by atoms with van der Waals surface area (Å²) in [6.07, 6.45) is -1.73. The van der Waals surface area contributed by atoms with Gasteiger partial charge in [0.1, 0.15) is 6.04 Å². The van der Waals surface area contributed by atoms with Gasteiger partial charge in [0.2, 0.25) is 0 Å². The summed E-state index contributed by atoms with van der Waals surface area (Å²) in [5, 5.41) is 5.32. The Hall–Kier alpha value is -3.35. The lowest BCUT2D eigenvalue weighted by Gasteiger charge is -2.24. The molecule has 2 atom stereocenters. The molecule has 0 saturated carbocycles. The first-order valence-corrected chi connectivity index (χ1v) is 9.53. The fourth-order valence-electron chi connectivity index (χ4n) is 3.32. The van der Waals surface area contributed by atoms with Gasteiger partial charge in [-0.1, -0.05) is 42.5 Å². The van der Waals surface area contributed by atoms with E-state index >= 15 is 0 Å². The summed E-state index contributed by atoms with van der Waals surface area (Å²) in [5.74, 6) is -0.814. The van der Waals surface area contributed by atoms with Crippen LogP contribution in [-0.4, -0.2) is 37.1 Å². The second-order valence-electron chi connectivity index (χ2n) is 7.29. The van der Waals surface area contributed by atoms with Gasteiger partial charge in [0.05, 0.1) is 5.69 Å². The fourth-order valence-corrected chi connectivity index (χ4v) is 3.32. The van der Waals surface area contributed by atoms with E-state index in [0.29, 0.717) is 5.56 Å². The van der Waals surface area contributed by atoms with Crippen molar-refractivity contribution in [2.45, 2.75) is 39.0 Å². The molecular formula is C22H25N3O4. The maximum atomic E-state index is 13.2. The molecule has 0 fully saturated rings. The van der Waals surface area contributed by atoms with Crippen molar-refractivity contribution >= 4 is 23.6 Å². The summed E-state index contributed by atoms with van der Waals surface area (Å²) in [4.78, 5) is 39.2. The van der Waals surface area contributed by atoms with Gasteiger partial charge in [-0.2, -0.15) is 0 Å². The maximum Gasteiger partial charge on any atom is 0.408 e. The topological polar surface area (TPSA) is 87.7 Å². The Bertz CT molecular complexity index is 941. The van der Waals surface area contributed by atoms with Gasteiger partial charge in [-0.05, 0) is 38.0 Å². The quantitative estimate of drug-likeness (QED) is 0.833. The van der Waals surface area contributed by atoms with Gasteiger partial charge in [-0.25, -0.2) is 4.79 Å². The van der Waals surface area contributed by atoms with Crippen LogP contribution in [0.4, 0.5) is 10.5 Å². The molecule has 2 N–H and O–H groups in total. The molecule has 1 unspecified atom stereocenters. The van der Waals surface area contributed by atoms with E-state index in [4.69, 9.17) is 4.74 Å². The van der Waals surface area contributed by atoms with E-state index in [9.17, 15) is 14.4 Å². The van der Waals surface area contributed by atoms with E-state index in [-0.39, 0.29) is 11.9 Å². The summed E-state index contributed by atoms with van der Waals surface area (Å²) in [6, 6.07) is 14.1. The van der Waals surface area contributed by atoms with Crippen LogP contribution in [0.3, 0.4) is 0 Å². The van der Waals surface area contributed by atoms with Crippen LogP contribution in [0.1, 0.15) is 32.4 Å². The van der Waals surface area contributed by atoms with Gasteiger partial charge in [0.15, 0.2) is 6.10 Å². The number of likely N-dealkylation sites (N-methyl/N-ethyl adjacent to an activating group) is 1. The molecule has 0 radical (unpaired) electrons. The molecule has 152 valence electrons. The molecule has 0 aliphatic carbocycles. The predicted octanol–water partition coefficient (Wildman–Crippen LogP) is 3.01. The van der Waals surface area contributed by atoms with Crippen molar-refractivity contribution in [3.63, 3.8) is 0 Å². The summed E-state index contributed by atoms with van der Waals surface area (Å²) in [6.45, 7) is 5.06. The van der Waals surface area contributed by atoms with Crippen molar-refractivity contribution in [2.24, 2.45) is 0 Å².